The number of urea groups is 1. The van der Waals surface area contributed by atoms with E-state index < -0.39 is 5.60 Å². The smallest absolute Gasteiger partial charge is 0.410 e. The van der Waals surface area contributed by atoms with Crippen LogP contribution in [-0.4, -0.2) is 59.7 Å². The van der Waals surface area contributed by atoms with Gasteiger partial charge in [0.2, 0.25) is 0 Å². The number of piperazine rings is 1. The number of nitrogens with one attached hydrogen (secondary N) is 1. The standard InChI is InChI=1S/C17H31N3O3/c1-13-7-5-6-8-14(13)18-15(21)19-9-11-20(12-10-19)16(22)23-17(2,3)4/h13-14H,5-12H2,1-4H3,(H,18,21)/t13-,14+/m0/s1. The van der Waals surface area contributed by atoms with Crippen LogP contribution in [0, 0.1) is 5.92 Å². The van der Waals surface area contributed by atoms with E-state index in [1.54, 1.807) is 4.90 Å². The second kappa shape index (κ2) is 7.41. The van der Waals surface area contributed by atoms with E-state index in [-0.39, 0.29) is 12.1 Å². The zero-order valence-electron chi connectivity index (χ0n) is 14.9. The molecule has 6 heteroatoms. The van der Waals surface area contributed by atoms with Crippen LogP contribution in [0.5, 0.6) is 0 Å². The monoisotopic (exact) mass is 325 g/mol. The summed E-state index contributed by atoms with van der Waals surface area (Å²) in [6.45, 7) is 9.98. The van der Waals surface area contributed by atoms with E-state index in [4.69, 9.17) is 4.74 Å². The fourth-order valence-corrected chi connectivity index (χ4v) is 3.20. The van der Waals surface area contributed by atoms with Crippen molar-refractivity contribution in [3.8, 4) is 0 Å². The molecule has 0 unspecified atom stereocenters. The molecule has 1 aliphatic carbocycles. The minimum absolute atomic E-state index is 0.00703. The number of ether oxygens (including phenoxy) is 1. The Morgan fingerprint density at radius 1 is 1.00 bits per heavy atom. The molecule has 0 aromatic rings. The molecular formula is C17H31N3O3. The second-order valence-electron chi connectivity index (χ2n) is 7.77. The van der Waals surface area contributed by atoms with Crippen molar-refractivity contribution in [3.05, 3.63) is 0 Å². The molecule has 0 aromatic carbocycles. The van der Waals surface area contributed by atoms with E-state index in [0.717, 1.165) is 6.42 Å². The highest BCUT2D eigenvalue weighted by molar-refractivity contribution is 5.75. The number of rotatable bonds is 1. The zero-order chi connectivity index (χ0) is 17.0. The minimum atomic E-state index is -0.483. The normalized spacial score (nSPS) is 25.9. The van der Waals surface area contributed by atoms with Gasteiger partial charge in [-0.1, -0.05) is 19.8 Å². The molecule has 6 nitrogen and oxygen atoms in total. The Balaban J connectivity index is 1.77. The van der Waals surface area contributed by atoms with Gasteiger partial charge in [-0.25, -0.2) is 9.59 Å². The summed E-state index contributed by atoms with van der Waals surface area (Å²) in [5, 5.41) is 3.17. The molecule has 2 aliphatic rings. The molecule has 0 radical (unpaired) electrons. The van der Waals surface area contributed by atoms with E-state index >= 15 is 0 Å². The van der Waals surface area contributed by atoms with Gasteiger partial charge in [0, 0.05) is 32.2 Å². The van der Waals surface area contributed by atoms with Crippen LogP contribution in [0.25, 0.3) is 0 Å². The van der Waals surface area contributed by atoms with Crippen LogP contribution in [0.1, 0.15) is 53.4 Å². The predicted molar refractivity (Wildman–Crippen MR) is 89.3 cm³/mol. The van der Waals surface area contributed by atoms with Crippen LogP contribution < -0.4 is 5.32 Å². The lowest BCUT2D eigenvalue weighted by Crippen LogP contribution is -2.56. The van der Waals surface area contributed by atoms with Crippen molar-refractivity contribution in [1.82, 2.24) is 15.1 Å². The summed E-state index contributed by atoms with van der Waals surface area (Å²) in [4.78, 5) is 27.9. The Hall–Kier alpha value is -1.46. The first kappa shape index (κ1) is 17.9. The van der Waals surface area contributed by atoms with Gasteiger partial charge >= 0.3 is 12.1 Å². The summed E-state index contributed by atoms with van der Waals surface area (Å²) in [7, 11) is 0. The molecule has 2 atom stereocenters. The van der Waals surface area contributed by atoms with Crippen molar-refractivity contribution in [2.75, 3.05) is 26.2 Å². The molecule has 1 heterocycles. The maximum atomic E-state index is 12.4. The molecular weight excluding hydrogens is 294 g/mol. The molecule has 23 heavy (non-hydrogen) atoms. The summed E-state index contributed by atoms with van der Waals surface area (Å²) >= 11 is 0. The highest BCUT2D eigenvalue weighted by Gasteiger charge is 2.29. The first-order valence-corrected chi connectivity index (χ1v) is 8.79. The highest BCUT2D eigenvalue weighted by atomic mass is 16.6. The number of hydrogen-bond donors (Lipinski definition) is 1. The van der Waals surface area contributed by atoms with E-state index in [1.807, 2.05) is 25.7 Å². The number of nitrogens with zero attached hydrogens (tertiary/aromatic N) is 2. The zero-order valence-corrected chi connectivity index (χ0v) is 14.9. The molecule has 1 saturated carbocycles. The SMILES string of the molecule is C[C@H]1CCCC[C@H]1NC(=O)N1CCN(C(=O)OC(C)(C)C)CC1. The van der Waals surface area contributed by atoms with Crippen molar-refractivity contribution in [2.24, 2.45) is 5.92 Å². The van der Waals surface area contributed by atoms with Crippen LogP contribution in [0.15, 0.2) is 0 Å². The van der Waals surface area contributed by atoms with Gasteiger partial charge in [0.25, 0.3) is 0 Å². The van der Waals surface area contributed by atoms with Gasteiger partial charge in [-0.05, 0) is 39.5 Å². The van der Waals surface area contributed by atoms with Crippen molar-refractivity contribution < 1.29 is 14.3 Å². The van der Waals surface area contributed by atoms with E-state index in [9.17, 15) is 9.59 Å². The average Bonchev–Trinajstić information content (AvgIpc) is 2.48. The third kappa shape index (κ3) is 5.29. The Kier molecular flexibility index (Phi) is 5.76. The molecule has 0 bridgehead atoms. The van der Waals surface area contributed by atoms with Crippen molar-refractivity contribution in [3.63, 3.8) is 0 Å². The summed E-state index contributed by atoms with van der Waals surface area (Å²) in [5.41, 5.74) is -0.483. The quantitative estimate of drug-likeness (QED) is 0.806. The largest absolute Gasteiger partial charge is 0.444 e. The number of amides is 3. The molecule has 1 aliphatic heterocycles. The summed E-state index contributed by atoms with van der Waals surface area (Å²) in [6.07, 6.45) is 4.44. The molecule has 1 N–H and O–H groups in total. The van der Waals surface area contributed by atoms with Crippen molar-refractivity contribution in [1.29, 1.82) is 0 Å². The predicted octanol–water partition coefficient (Wildman–Crippen LogP) is 2.83. The first-order chi connectivity index (χ1) is 10.8. The molecule has 3 amide bonds. The lowest BCUT2D eigenvalue weighted by molar-refractivity contribution is 0.0168. The van der Waals surface area contributed by atoms with E-state index in [1.165, 1.54) is 19.3 Å². The summed E-state index contributed by atoms with van der Waals surface area (Å²) < 4.78 is 5.38. The Morgan fingerprint density at radius 3 is 2.13 bits per heavy atom. The topological polar surface area (TPSA) is 61.9 Å². The maximum absolute atomic E-state index is 12.4. The number of hydrogen-bond acceptors (Lipinski definition) is 3. The highest BCUT2D eigenvalue weighted by Crippen LogP contribution is 2.24. The third-order valence-corrected chi connectivity index (χ3v) is 4.64. The molecule has 0 aromatic heterocycles. The van der Waals surface area contributed by atoms with Crippen LogP contribution in [0.3, 0.4) is 0 Å². The molecule has 0 spiro atoms. The fraction of sp³-hybridized carbons (Fsp3) is 0.882. The first-order valence-electron chi connectivity index (χ1n) is 8.79. The molecule has 2 fully saturated rings. The minimum Gasteiger partial charge on any atom is -0.444 e. The number of carbonyl (C=O) groups is 2. The van der Waals surface area contributed by atoms with E-state index in [0.29, 0.717) is 38.1 Å². The Labute approximate surface area is 139 Å². The Morgan fingerprint density at radius 2 is 1.57 bits per heavy atom. The number of carbonyl (C=O) groups excluding carboxylic acids is 2. The molecule has 1 saturated heterocycles. The van der Waals surface area contributed by atoms with Gasteiger partial charge in [-0.3, -0.25) is 0 Å². The van der Waals surface area contributed by atoms with Crippen molar-refractivity contribution in [2.45, 2.75) is 65.0 Å². The van der Waals surface area contributed by atoms with Crippen LogP contribution in [0.4, 0.5) is 9.59 Å². The van der Waals surface area contributed by atoms with Crippen LogP contribution in [-0.2, 0) is 4.74 Å². The van der Waals surface area contributed by atoms with Crippen LogP contribution >= 0.6 is 0 Å². The molecule has 132 valence electrons. The maximum Gasteiger partial charge on any atom is 0.410 e. The fourth-order valence-electron chi connectivity index (χ4n) is 3.20. The Bertz CT molecular complexity index is 425. The lowest BCUT2D eigenvalue weighted by atomic mass is 9.86. The van der Waals surface area contributed by atoms with Crippen molar-refractivity contribution >= 4 is 12.1 Å². The van der Waals surface area contributed by atoms with Gasteiger partial charge in [-0.2, -0.15) is 0 Å². The summed E-state index contributed by atoms with van der Waals surface area (Å²) in [6, 6.07) is 0.299. The average molecular weight is 325 g/mol. The lowest BCUT2D eigenvalue weighted by Gasteiger charge is -2.37. The van der Waals surface area contributed by atoms with Gasteiger partial charge in [0.1, 0.15) is 5.60 Å². The second-order valence-corrected chi connectivity index (χ2v) is 7.77. The van der Waals surface area contributed by atoms with Gasteiger partial charge in [0.05, 0.1) is 0 Å². The van der Waals surface area contributed by atoms with Gasteiger partial charge < -0.3 is 19.9 Å². The summed E-state index contributed by atoms with van der Waals surface area (Å²) in [5.74, 6) is 0.552. The molecule has 2 rings (SSSR count). The third-order valence-electron chi connectivity index (χ3n) is 4.64. The van der Waals surface area contributed by atoms with Gasteiger partial charge in [0.15, 0.2) is 0 Å². The van der Waals surface area contributed by atoms with Crippen LogP contribution in [0.2, 0.25) is 0 Å². The van der Waals surface area contributed by atoms with E-state index in [2.05, 4.69) is 12.2 Å². The van der Waals surface area contributed by atoms with Gasteiger partial charge in [-0.15, -0.1) is 0 Å².